The Hall–Kier alpha value is -2.23. The van der Waals surface area contributed by atoms with Gasteiger partial charge in [-0.15, -0.1) is 0 Å². The maximum absolute atomic E-state index is 5.51. The van der Waals surface area contributed by atoms with Gasteiger partial charge in [-0.2, -0.15) is 0 Å². The fourth-order valence-electron chi connectivity index (χ4n) is 1.59. The van der Waals surface area contributed by atoms with E-state index in [9.17, 15) is 0 Å². The van der Waals surface area contributed by atoms with E-state index in [2.05, 4.69) is 28.8 Å². The lowest BCUT2D eigenvalue weighted by molar-refractivity contribution is 1.06. The van der Waals surface area contributed by atoms with Gasteiger partial charge < -0.3 is 11.1 Å². The molecule has 4 nitrogen and oxygen atoms in total. The lowest BCUT2D eigenvalue weighted by Gasteiger charge is -2.02. The minimum atomic E-state index is 0.613. The third-order valence-corrected chi connectivity index (χ3v) is 2.40. The Balaban J connectivity index is 0.000000771. The summed E-state index contributed by atoms with van der Waals surface area (Å²) in [6, 6.07) is 10.3. The van der Waals surface area contributed by atoms with Crippen molar-refractivity contribution in [1.29, 1.82) is 5.41 Å². The van der Waals surface area contributed by atoms with Crippen LogP contribution >= 0.6 is 0 Å². The molecule has 1 aromatic heterocycles. The summed E-state index contributed by atoms with van der Waals surface area (Å²) in [5.41, 5.74) is 8.73. The highest BCUT2D eigenvalue weighted by Gasteiger charge is 1.97. The first kappa shape index (κ1) is 13.8. The second-order valence-electron chi connectivity index (χ2n) is 3.94. The van der Waals surface area contributed by atoms with Gasteiger partial charge in [-0.25, -0.2) is 0 Å². The van der Waals surface area contributed by atoms with Crippen molar-refractivity contribution in [1.82, 2.24) is 4.98 Å². The number of benzene rings is 1. The molecule has 1 heterocycles. The molecule has 0 unspecified atom stereocenters. The highest BCUT2D eigenvalue weighted by molar-refractivity contribution is 5.80. The van der Waals surface area contributed by atoms with Gasteiger partial charge in [0.05, 0.1) is 17.9 Å². The Morgan fingerprint density at radius 2 is 2.06 bits per heavy atom. The molecule has 3 N–H and O–H groups in total. The van der Waals surface area contributed by atoms with E-state index >= 15 is 0 Å². The fraction of sp³-hybridized carbons (Fsp3) is 0.214. The minimum Gasteiger partial charge on any atom is -0.388 e. The van der Waals surface area contributed by atoms with Gasteiger partial charge in [0.1, 0.15) is 0 Å². The van der Waals surface area contributed by atoms with Gasteiger partial charge in [-0.05, 0) is 44.3 Å². The predicted octanol–water partition coefficient (Wildman–Crippen LogP) is 2.69. The maximum atomic E-state index is 5.51. The van der Waals surface area contributed by atoms with E-state index in [0.717, 1.165) is 22.2 Å². The van der Waals surface area contributed by atoms with Crippen molar-refractivity contribution in [3.05, 3.63) is 41.6 Å². The average Bonchev–Trinajstić information content (AvgIpc) is 2.38. The highest BCUT2D eigenvalue weighted by atomic mass is 14.8. The van der Waals surface area contributed by atoms with Crippen LogP contribution in [0.1, 0.15) is 18.2 Å². The smallest absolute Gasteiger partial charge is 0.0909 e. The van der Waals surface area contributed by atoms with Crippen LogP contribution in [0.3, 0.4) is 0 Å². The summed E-state index contributed by atoms with van der Waals surface area (Å²) in [4.78, 5) is 8.64. The fourth-order valence-corrected chi connectivity index (χ4v) is 1.59. The number of nitrogens with zero attached hydrogens (tertiary/aromatic N) is 2. The molecular formula is C14H18N4. The number of aryl methyl sites for hydroxylation is 1. The van der Waals surface area contributed by atoms with Crippen molar-refractivity contribution in [3.63, 3.8) is 0 Å². The second kappa shape index (κ2) is 6.49. The number of rotatable bonds is 2. The molecule has 0 saturated heterocycles. The Morgan fingerprint density at radius 1 is 1.33 bits per heavy atom. The van der Waals surface area contributed by atoms with Gasteiger partial charge >= 0.3 is 0 Å². The standard InChI is InChI=1S/C13H15N3.CH3N/c1-9-3-5-12-7-11(8-15-10(2)14)4-6-13(12)16-9;1-2/h3-7H,8H2,1-2H3,(H2,14,15);2H,1H2. The first-order valence-corrected chi connectivity index (χ1v) is 5.63. The molecule has 4 heteroatoms. The summed E-state index contributed by atoms with van der Waals surface area (Å²) in [6.07, 6.45) is 0. The summed E-state index contributed by atoms with van der Waals surface area (Å²) in [5.74, 6) is 0.613. The molecule has 94 valence electrons. The largest absolute Gasteiger partial charge is 0.388 e. The van der Waals surface area contributed by atoms with Crippen LogP contribution < -0.4 is 5.73 Å². The minimum absolute atomic E-state index is 0.613. The first-order valence-electron chi connectivity index (χ1n) is 5.63. The molecule has 0 aliphatic heterocycles. The van der Waals surface area contributed by atoms with Crippen molar-refractivity contribution in [2.75, 3.05) is 0 Å². The Morgan fingerprint density at radius 3 is 2.72 bits per heavy atom. The van der Waals surface area contributed by atoms with E-state index in [0.29, 0.717) is 12.4 Å². The summed E-state index contributed by atoms with van der Waals surface area (Å²) >= 11 is 0. The molecule has 0 amide bonds. The molecule has 0 radical (unpaired) electrons. The zero-order chi connectivity index (χ0) is 13.5. The zero-order valence-electron chi connectivity index (χ0n) is 10.8. The Labute approximate surface area is 107 Å². The molecular weight excluding hydrogens is 224 g/mol. The van der Waals surface area contributed by atoms with Crippen LogP contribution in [0.25, 0.3) is 10.9 Å². The molecule has 18 heavy (non-hydrogen) atoms. The lowest BCUT2D eigenvalue weighted by Crippen LogP contribution is -2.05. The van der Waals surface area contributed by atoms with E-state index < -0.39 is 0 Å². The first-order chi connectivity index (χ1) is 8.65. The predicted molar refractivity (Wildman–Crippen MR) is 77.3 cm³/mol. The number of hydrogen-bond acceptors (Lipinski definition) is 3. The molecule has 0 aliphatic carbocycles. The van der Waals surface area contributed by atoms with Crippen molar-refractivity contribution in [2.45, 2.75) is 20.4 Å². The summed E-state index contributed by atoms with van der Waals surface area (Å²) in [5, 5.41) is 6.65. The van der Waals surface area contributed by atoms with Crippen LogP contribution in [0.2, 0.25) is 0 Å². The number of nitrogens with one attached hydrogen (secondary N) is 1. The molecule has 0 fully saturated rings. The Kier molecular flexibility index (Phi) is 4.99. The highest BCUT2D eigenvalue weighted by Crippen LogP contribution is 2.15. The number of aliphatic imine (C=N–C) groups is 1. The van der Waals surface area contributed by atoms with Crippen LogP contribution in [-0.2, 0) is 6.54 Å². The summed E-state index contributed by atoms with van der Waals surface area (Å²) in [6.45, 7) is 6.92. The van der Waals surface area contributed by atoms with Crippen LogP contribution in [0.5, 0.6) is 0 Å². The maximum Gasteiger partial charge on any atom is 0.0909 e. The summed E-state index contributed by atoms with van der Waals surface area (Å²) in [7, 11) is 0. The molecule has 2 aromatic rings. The quantitative estimate of drug-likeness (QED) is 0.627. The van der Waals surface area contributed by atoms with Crippen LogP contribution in [-0.4, -0.2) is 17.5 Å². The van der Waals surface area contributed by atoms with Crippen LogP contribution in [0.4, 0.5) is 0 Å². The number of aromatic nitrogens is 1. The van der Waals surface area contributed by atoms with Gasteiger partial charge in [0.2, 0.25) is 0 Å². The molecule has 1 aromatic carbocycles. The number of amidine groups is 1. The normalized spacial score (nSPS) is 10.9. The van der Waals surface area contributed by atoms with E-state index in [-0.39, 0.29) is 0 Å². The molecule has 0 atom stereocenters. The third kappa shape index (κ3) is 3.66. The second-order valence-corrected chi connectivity index (χ2v) is 3.94. The molecule has 0 aliphatic rings. The van der Waals surface area contributed by atoms with Gasteiger partial charge in [0.25, 0.3) is 0 Å². The van der Waals surface area contributed by atoms with Crippen LogP contribution in [0, 0.1) is 12.3 Å². The van der Waals surface area contributed by atoms with Crippen molar-refractivity contribution < 1.29 is 0 Å². The molecule has 0 bridgehead atoms. The Bertz CT molecular complexity index is 557. The van der Waals surface area contributed by atoms with Gasteiger partial charge in [0, 0.05) is 11.1 Å². The van der Waals surface area contributed by atoms with Crippen LogP contribution in [0.15, 0.2) is 35.3 Å². The number of hydrogen-bond donors (Lipinski definition) is 2. The lowest BCUT2D eigenvalue weighted by atomic mass is 10.1. The molecule has 0 spiro atoms. The topological polar surface area (TPSA) is 75.1 Å². The van der Waals surface area contributed by atoms with Gasteiger partial charge in [-0.1, -0.05) is 12.1 Å². The number of pyridine rings is 1. The van der Waals surface area contributed by atoms with E-state index in [4.69, 9.17) is 11.1 Å². The van der Waals surface area contributed by atoms with E-state index in [1.807, 2.05) is 25.1 Å². The van der Waals surface area contributed by atoms with Gasteiger partial charge in [-0.3, -0.25) is 9.98 Å². The number of fused-ring (bicyclic) bond motifs is 1. The number of nitrogens with two attached hydrogens (primary N) is 1. The monoisotopic (exact) mass is 242 g/mol. The average molecular weight is 242 g/mol. The zero-order valence-corrected chi connectivity index (χ0v) is 10.8. The SMILES string of the molecule is C=N.CC(N)=NCc1ccc2nc(C)ccc2c1. The van der Waals surface area contributed by atoms with Crippen molar-refractivity contribution >= 4 is 23.5 Å². The van der Waals surface area contributed by atoms with Gasteiger partial charge in [0.15, 0.2) is 0 Å². The van der Waals surface area contributed by atoms with Crippen molar-refractivity contribution in [3.8, 4) is 0 Å². The molecule has 0 saturated carbocycles. The third-order valence-electron chi connectivity index (χ3n) is 2.40. The molecule has 2 rings (SSSR count). The van der Waals surface area contributed by atoms with E-state index in [1.54, 1.807) is 6.92 Å². The summed E-state index contributed by atoms with van der Waals surface area (Å²) < 4.78 is 0. The van der Waals surface area contributed by atoms with Crippen molar-refractivity contribution in [2.24, 2.45) is 10.7 Å². The van der Waals surface area contributed by atoms with E-state index in [1.165, 1.54) is 0 Å².